The molecule has 2 aliphatic rings. The highest BCUT2D eigenvalue weighted by Crippen LogP contribution is 2.38. The van der Waals surface area contributed by atoms with E-state index in [1.165, 1.54) is 0 Å². The Bertz CT molecular complexity index is 772. The van der Waals surface area contributed by atoms with E-state index in [4.69, 9.17) is 53.8 Å². The van der Waals surface area contributed by atoms with Crippen LogP contribution in [-0.2, 0) is 20.7 Å². The fourth-order valence-corrected chi connectivity index (χ4v) is 3.91. The number of hydrogen-bond donors (Lipinski definition) is 0. The fraction of sp³-hybridized carbons (Fsp3) is 0.550. The summed E-state index contributed by atoms with van der Waals surface area (Å²) < 4.78 is 20.1. The van der Waals surface area contributed by atoms with Gasteiger partial charge in [-0.3, -0.25) is 4.79 Å². The standard InChI is InChI=1S/C20H24Cl3NO5/c1-26-16-4-3-14(13-17(16)27-2)7-10-24(18(25)20(21,22)23)15-5-8-19(9-6-15)28-11-12-29-19/h3-5,13H,6-12H2,1-2H3. The van der Waals surface area contributed by atoms with Gasteiger partial charge in [-0.15, -0.1) is 0 Å². The van der Waals surface area contributed by atoms with Crippen molar-refractivity contribution in [3.63, 3.8) is 0 Å². The molecule has 3 rings (SSSR count). The molecule has 9 heteroatoms. The van der Waals surface area contributed by atoms with Crippen molar-refractivity contribution in [2.45, 2.75) is 35.3 Å². The molecule has 1 aromatic carbocycles. The summed E-state index contributed by atoms with van der Waals surface area (Å²) in [5.74, 6) is 0.112. The second kappa shape index (κ2) is 9.31. The van der Waals surface area contributed by atoms with Crippen molar-refractivity contribution in [3.8, 4) is 11.5 Å². The minimum Gasteiger partial charge on any atom is -0.493 e. The Morgan fingerprint density at radius 3 is 2.41 bits per heavy atom. The van der Waals surface area contributed by atoms with Crippen LogP contribution in [0.4, 0.5) is 0 Å². The van der Waals surface area contributed by atoms with E-state index in [9.17, 15) is 4.79 Å². The third-order valence-corrected chi connectivity index (χ3v) is 5.62. The number of alkyl halides is 3. The van der Waals surface area contributed by atoms with Crippen molar-refractivity contribution in [1.29, 1.82) is 0 Å². The molecule has 6 nitrogen and oxygen atoms in total. The first-order chi connectivity index (χ1) is 13.8. The third-order valence-electron chi connectivity index (χ3n) is 5.13. The second-order valence-electron chi connectivity index (χ2n) is 6.90. The molecular weight excluding hydrogens is 441 g/mol. The molecule has 0 unspecified atom stereocenters. The first-order valence-corrected chi connectivity index (χ1v) is 10.5. The van der Waals surface area contributed by atoms with Crippen LogP contribution in [-0.4, -0.2) is 54.4 Å². The second-order valence-corrected chi connectivity index (χ2v) is 9.18. The zero-order valence-electron chi connectivity index (χ0n) is 16.4. The maximum Gasteiger partial charge on any atom is 0.278 e. The monoisotopic (exact) mass is 463 g/mol. The minimum absolute atomic E-state index is 0.364. The predicted molar refractivity (Wildman–Crippen MR) is 112 cm³/mol. The summed E-state index contributed by atoms with van der Waals surface area (Å²) in [4.78, 5) is 14.4. The summed E-state index contributed by atoms with van der Waals surface area (Å²) >= 11 is 17.7. The van der Waals surface area contributed by atoms with E-state index in [0.29, 0.717) is 56.9 Å². The van der Waals surface area contributed by atoms with Gasteiger partial charge in [-0.1, -0.05) is 46.9 Å². The number of amides is 1. The highest BCUT2D eigenvalue weighted by atomic mass is 35.6. The van der Waals surface area contributed by atoms with Gasteiger partial charge in [0, 0.05) is 25.1 Å². The van der Waals surface area contributed by atoms with Crippen LogP contribution in [0.15, 0.2) is 30.0 Å². The average Bonchev–Trinajstić information content (AvgIpc) is 3.16. The molecule has 1 heterocycles. The lowest BCUT2D eigenvalue weighted by Crippen LogP contribution is -2.42. The van der Waals surface area contributed by atoms with Crippen LogP contribution < -0.4 is 9.47 Å². The van der Waals surface area contributed by atoms with Gasteiger partial charge in [-0.05, 0) is 30.5 Å². The molecule has 0 atom stereocenters. The first kappa shape index (κ1) is 22.5. The van der Waals surface area contributed by atoms with Crippen LogP contribution in [0.2, 0.25) is 0 Å². The molecule has 1 saturated heterocycles. The normalized spacial score (nSPS) is 18.4. The van der Waals surface area contributed by atoms with Crippen LogP contribution in [0.1, 0.15) is 24.8 Å². The quantitative estimate of drug-likeness (QED) is 0.589. The fourth-order valence-electron chi connectivity index (χ4n) is 3.61. The Kier molecular flexibility index (Phi) is 7.23. The van der Waals surface area contributed by atoms with E-state index in [-0.39, 0.29) is 0 Å². The number of hydrogen-bond acceptors (Lipinski definition) is 5. The Labute approximate surface area is 185 Å². The number of carbonyl (C=O) groups excluding carboxylic acids is 1. The van der Waals surface area contributed by atoms with Crippen LogP contribution >= 0.6 is 34.8 Å². The number of ether oxygens (including phenoxy) is 4. The summed E-state index contributed by atoms with van der Waals surface area (Å²) in [5, 5.41) is 0. The van der Waals surface area contributed by atoms with Crippen molar-refractivity contribution in [2.75, 3.05) is 34.0 Å². The summed E-state index contributed by atoms with van der Waals surface area (Å²) in [6, 6.07) is 5.62. The Morgan fingerprint density at radius 1 is 1.17 bits per heavy atom. The maximum atomic E-state index is 12.8. The Morgan fingerprint density at radius 2 is 1.86 bits per heavy atom. The molecule has 1 aromatic rings. The van der Waals surface area contributed by atoms with Gasteiger partial charge in [0.2, 0.25) is 0 Å². The van der Waals surface area contributed by atoms with Crippen molar-refractivity contribution < 1.29 is 23.7 Å². The number of nitrogens with zero attached hydrogens (tertiary/aromatic N) is 1. The number of rotatable bonds is 6. The van der Waals surface area contributed by atoms with Gasteiger partial charge in [0.05, 0.1) is 27.4 Å². The van der Waals surface area contributed by atoms with E-state index in [1.807, 2.05) is 24.3 Å². The number of benzene rings is 1. The molecule has 0 aromatic heterocycles. The number of carbonyl (C=O) groups is 1. The van der Waals surface area contributed by atoms with Gasteiger partial charge < -0.3 is 23.8 Å². The number of allylic oxidation sites excluding steroid dienone is 1. The molecule has 0 saturated carbocycles. The summed E-state index contributed by atoms with van der Waals surface area (Å²) in [7, 11) is 3.16. The highest BCUT2D eigenvalue weighted by molar-refractivity contribution is 6.76. The lowest BCUT2D eigenvalue weighted by atomic mass is 9.96. The Balaban J connectivity index is 1.76. The predicted octanol–water partition coefficient (Wildman–Crippen LogP) is 4.26. The zero-order valence-corrected chi connectivity index (χ0v) is 18.6. The molecule has 1 aliphatic carbocycles. The smallest absolute Gasteiger partial charge is 0.278 e. The molecule has 1 aliphatic heterocycles. The van der Waals surface area contributed by atoms with Gasteiger partial charge in [0.15, 0.2) is 17.3 Å². The number of methoxy groups -OCH3 is 2. The van der Waals surface area contributed by atoms with Crippen molar-refractivity contribution in [3.05, 3.63) is 35.5 Å². The van der Waals surface area contributed by atoms with Gasteiger partial charge in [0.25, 0.3) is 9.70 Å². The molecule has 0 N–H and O–H groups in total. The Hall–Kier alpha value is -1.18. The van der Waals surface area contributed by atoms with E-state index >= 15 is 0 Å². The van der Waals surface area contributed by atoms with Crippen LogP contribution in [0.25, 0.3) is 0 Å². The largest absolute Gasteiger partial charge is 0.493 e. The van der Waals surface area contributed by atoms with Gasteiger partial charge in [-0.2, -0.15) is 0 Å². The lowest BCUT2D eigenvalue weighted by molar-refractivity contribution is -0.163. The third kappa shape index (κ3) is 5.30. The molecule has 1 fully saturated rings. The molecule has 29 heavy (non-hydrogen) atoms. The lowest BCUT2D eigenvalue weighted by Gasteiger charge is -2.35. The van der Waals surface area contributed by atoms with Crippen molar-refractivity contribution >= 4 is 40.7 Å². The van der Waals surface area contributed by atoms with Gasteiger partial charge >= 0.3 is 0 Å². The first-order valence-electron chi connectivity index (χ1n) is 9.34. The summed E-state index contributed by atoms with van der Waals surface area (Å²) in [6.07, 6.45) is 4.31. The van der Waals surface area contributed by atoms with Crippen LogP contribution in [0.3, 0.4) is 0 Å². The SMILES string of the molecule is COc1ccc(CCN(C(=O)C(Cl)(Cl)Cl)C2=CCC3(CC2)OCCO3)cc1OC. The zero-order chi connectivity index (χ0) is 21.1. The minimum atomic E-state index is -2.03. The highest BCUT2D eigenvalue weighted by Gasteiger charge is 2.41. The van der Waals surface area contributed by atoms with E-state index in [2.05, 4.69) is 0 Å². The van der Waals surface area contributed by atoms with E-state index in [1.54, 1.807) is 19.1 Å². The van der Waals surface area contributed by atoms with Crippen molar-refractivity contribution in [1.82, 2.24) is 4.90 Å². The molecule has 1 spiro atoms. The summed E-state index contributed by atoms with van der Waals surface area (Å²) in [5.41, 5.74) is 1.78. The maximum absolute atomic E-state index is 12.8. The molecule has 1 amide bonds. The van der Waals surface area contributed by atoms with E-state index in [0.717, 1.165) is 11.3 Å². The average molecular weight is 465 g/mol. The van der Waals surface area contributed by atoms with Crippen molar-refractivity contribution in [2.24, 2.45) is 0 Å². The number of halogens is 3. The van der Waals surface area contributed by atoms with Gasteiger partial charge in [-0.25, -0.2) is 0 Å². The molecule has 0 bridgehead atoms. The molecular formula is C20H24Cl3NO5. The van der Waals surface area contributed by atoms with Gasteiger partial charge in [0.1, 0.15) is 0 Å². The van der Waals surface area contributed by atoms with Crippen LogP contribution in [0.5, 0.6) is 11.5 Å². The topological polar surface area (TPSA) is 57.2 Å². The summed E-state index contributed by atoms with van der Waals surface area (Å²) in [6.45, 7) is 1.53. The van der Waals surface area contributed by atoms with Crippen LogP contribution in [0, 0.1) is 0 Å². The molecule has 0 radical (unpaired) electrons. The van der Waals surface area contributed by atoms with E-state index < -0.39 is 15.5 Å². The molecule has 160 valence electrons.